The van der Waals surface area contributed by atoms with Crippen LogP contribution >= 0.6 is 0 Å². The second-order valence-corrected chi connectivity index (χ2v) is 5.19. The van der Waals surface area contributed by atoms with Gasteiger partial charge in [-0.05, 0) is 30.8 Å². The van der Waals surface area contributed by atoms with Gasteiger partial charge >= 0.3 is 0 Å². The van der Waals surface area contributed by atoms with Gasteiger partial charge in [-0.2, -0.15) is 0 Å². The fourth-order valence-electron chi connectivity index (χ4n) is 2.35. The fourth-order valence-corrected chi connectivity index (χ4v) is 2.35. The van der Waals surface area contributed by atoms with Gasteiger partial charge in [0.2, 0.25) is 0 Å². The van der Waals surface area contributed by atoms with Crippen LogP contribution in [0.5, 0.6) is 5.75 Å². The highest BCUT2D eigenvalue weighted by atomic mass is 16.5. The molecule has 0 saturated heterocycles. The Morgan fingerprint density at radius 1 is 1.19 bits per heavy atom. The topological polar surface area (TPSA) is 58.7 Å². The number of methoxy groups -OCH3 is 1. The van der Waals surface area contributed by atoms with E-state index in [0.717, 1.165) is 23.4 Å². The molecule has 2 aromatic rings. The number of ether oxygens (including phenoxy) is 1. The lowest BCUT2D eigenvalue weighted by molar-refractivity contribution is 0.124. The molecular weight excluding hydrogens is 264 g/mol. The van der Waals surface area contributed by atoms with Crippen LogP contribution in [0.2, 0.25) is 0 Å². The molecule has 21 heavy (non-hydrogen) atoms. The smallest absolute Gasteiger partial charge is 0.119 e. The number of likely N-dealkylation sites (N-methyl/N-ethyl adjacent to an activating group) is 1. The lowest BCUT2D eigenvalue weighted by atomic mass is 10.1. The van der Waals surface area contributed by atoms with E-state index in [-0.39, 0.29) is 0 Å². The molecule has 4 heteroatoms. The van der Waals surface area contributed by atoms with Crippen LogP contribution in [0.15, 0.2) is 48.5 Å². The first-order valence-corrected chi connectivity index (χ1v) is 6.94. The van der Waals surface area contributed by atoms with Gasteiger partial charge in [0.15, 0.2) is 0 Å². The summed E-state index contributed by atoms with van der Waals surface area (Å²) in [6, 6.07) is 15.3. The van der Waals surface area contributed by atoms with Crippen LogP contribution < -0.4 is 10.5 Å². The van der Waals surface area contributed by atoms with Crippen LogP contribution in [0, 0.1) is 0 Å². The maximum atomic E-state index is 10.3. The summed E-state index contributed by atoms with van der Waals surface area (Å²) in [6.07, 6.45) is -0.596. The summed E-state index contributed by atoms with van der Waals surface area (Å²) in [4.78, 5) is 2.06. The first-order chi connectivity index (χ1) is 10.1. The molecule has 0 bridgehead atoms. The molecule has 0 aliphatic carbocycles. The standard InChI is InChI=1S/C17H22N2O2/c1-19(11-13-6-5-7-14(10-13)21-2)12-17(20)15-8-3-4-9-16(15)18/h3-10,17,20H,11-12,18H2,1-2H3. The second kappa shape index (κ2) is 7.11. The third-order valence-corrected chi connectivity index (χ3v) is 3.43. The van der Waals surface area contributed by atoms with Crippen molar-refractivity contribution in [2.24, 2.45) is 0 Å². The van der Waals surface area contributed by atoms with Gasteiger partial charge in [-0.1, -0.05) is 30.3 Å². The van der Waals surface area contributed by atoms with Crippen LogP contribution in [0.25, 0.3) is 0 Å². The van der Waals surface area contributed by atoms with Crippen molar-refractivity contribution in [1.29, 1.82) is 0 Å². The molecule has 0 amide bonds. The lowest BCUT2D eigenvalue weighted by Crippen LogP contribution is -2.24. The Bertz CT molecular complexity index is 587. The summed E-state index contributed by atoms with van der Waals surface area (Å²) >= 11 is 0. The molecule has 112 valence electrons. The summed E-state index contributed by atoms with van der Waals surface area (Å²) in [5.74, 6) is 0.841. The first-order valence-electron chi connectivity index (χ1n) is 6.94. The van der Waals surface area contributed by atoms with Crippen molar-refractivity contribution in [2.45, 2.75) is 12.6 Å². The average molecular weight is 286 g/mol. The Morgan fingerprint density at radius 3 is 2.67 bits per heavy atom. The minimum atomic E-state index is -0.596. The molecule has 0 saturated carbocycles. The van der Waals surface area contributed by atoms with E-state index in [0.29, 0.717) is 12.2 Å². The van der Waals surface area contributed by atoms with Crippen LogP contribution in [-0.4, -0.2) is 30.7 Å². The molecule has 0 aliphatic rings. The normalized spacial score (nSPS) is 12.4. The number of aliphatic hydroxyl groups is 1. The van der Waals surface area contributed by atoms with Crippen molar-refractivity contribution < 1.29 is 9.84 Å². The van der Waals surface area contributed by atoms with Crippen LogP contribution in [-0.2, 0) is 6.54 Å². The maximum Gasteiger partial charge on any atom is 0.119 e. The fraction of sp³-hybridized carbons (Fsp3) is 0.294. The van der Waals surface area contributed by atoms with Gasteiger partial charge in [0, 0.05) is 24.3 Å². The second-order valence-electron chi connectivity index (χ2n) is 5.19. The molecule has 1 atom stereocenters. The molecule has 4 nitrogen and oxygen atoms in total. The predicted octanol–water partition coefficient (Wildman–Crippen LogP) is 2.44. The van der Waals surface area contributed by atoms with E-state index in [2.05, 4.69) is 4.90 Å². The van der Waals surface area contributed by atoms with Gasteiger partial charge < -0.3 is 15.6 Å². The van der Waals surface area contributed by atoms with Crippen molar-refractivity contribution in [3.8, 4) is 5.75 Å². The number of nitrogens with two attached hydrogens (primary N) is 1. The number of anilines is 1. The highest BCUT2D eigenvalue weighted by Crippen LogP contribution is 2.21. The molecule has 0 aromatic heterocycles. The number of rotatable bonds is 6. The number of hydrogen-bond acceptors (Lipinski definition) is 4. The summed E-state index contributed by atoms with van der Waals surface area (Å²) < 4.78 is 5.22. The molecule has 0 heterocycles. The van der Waals surface area contributed by atoms with Gasteiger partial charge in [0.25, 0.3) is 0 Å². The zero-order valence-electron chi connectivity index (χ0n) is 12.5. The van der Waals surface area contributed by atoms with E-state index >= 15 is 0 Å². The summed E-state index contributed by atoms with van der Waals surface area (Å²) in [7, 11) is 3.63. The quantitative estimate of drug-likeness (QED) is 0.801. The molecule has 2 rings (SSSR count). The largest absolute Gasteiger partial charge is 0.497 e. The molecular formula is C17H22N2O2. The highest BCUT2D eigenvalue weighted by Gasteiger charge is 2.13. The zero-order valence-corrected chi connectivity index (χ0v) is 12.5. The number of hydrogen-bond donors (Lipinski definition) is 2. The first kappa shape index (κ1) is 15.4. The molecule has 1 unspecified atom stereocenters. The maximum absolute atomic E-state index is 10.3. The van der Waals surface area contributed by atoms with E-state index in [1.165, 1.54) is 0 Å². The van der Waals surface area contributed by atoms with Crippen molar-refractivity contribution in [3.05, 3.63) is 59.7 Å². The monoisotopic (exact) mass is 286 g/mol. The highest BCUT2D eigenvalue weighted by molar-refractivity contribution is 5.47. The molecule has 2 aromatic carbocycles. The number of para-hydroxylation sites is 1. The van der Waals surface area contributed by atoms with Gasteiger partial charge in [-0.3, -0.25) is 4.90 Å². The van der Waals surface area contributed by atoms with Crippen molar-refractivity contribution >= 4 is 5.69 Å². The van der Waals surface area contributed by atoms with E-state index in [9.17, 15) is 5.11 Å². The zero-order chi connectivity index (χ0) is 15.2. The average Bonchev–Trinajstić information content (AvgIpc) is 2.47. The number of nitrogens with zero attached hydrogens (tertiary/aromatic N) is 1. The van der Waals surface area contributed by atoms with Gasteiger partial charge in [-0.15, -0.1) is 0 Å². The Balaban J connectivity index is 1.98. The molecule has 0 radical (unpaired) electrons. The molecule has 3 N–H and O–H groups in total. The van der Waals surface area contributed by atoms with Crippen LogP contribution in [0.3, 0.4) is 0 Å². The summed E-state index contributed by atoms with van der Waals surface area (Å²) in [5.41, 5.74) is 8.43. The Labute approximate surface area is 125 Å². The van der Waals surface area contributed by atoms with Gasteiger partial charge in [0.05, 0.1) is 13.2 Å². The van der Waals surface area contributed by atoms with Crippen molar-refractivity contribution in [2.75, 3.05) is 26.4 Å². The van der Waals surface area contributed by atoms with Crippen molar-refractivity contribution in [3.63, 3.8) is 0 Å². The number of nitrogen functional groups attached to an aromatic ring is 1. The van der Waals surface area contributed by atoms with Crippen LogP contribution in [0.4, 0.5) is 5.69 Å². The third kappa shape index (κ3) is 4.21. The summed E-state index contributed by atoms with van der Waals surface area (Å²) in [5, 5.41) is 10.3. The minimum Gasteiger partial charge on any atom is -0.497 e. The lowest BCUT2D eigenvalue weighted by Gasteiger charge is -2.22. The van der Waals surface area contributed by atoms with Crippen LogP contribution in [0.1, 0.15) is 17.2 Å². The number of aliphatic hydroxyl groups excluding tert-OH is 1. The van der Waals surface area contributed by atoms with Crippen molar-refractivity contribution in [1.82, 2.24) is 4.90 Å². The summed E-state index contributed by atoms with van der Waals surface area (Å²) in [6.45, 7) is 1.26. The van der Waals surface area contributed by atoms with Gasteiger partial charge in [-0.25, -0.2) is 0 Å². The third-order valence-electron chi connectivity index (χ3n) is 3.43. The minimum absolute atomic E-state index is 0.519. The predicted molar refractivity (Wildman–Crippen MR) is 85.1 cm³/mol. The SMILES string of the molecule is COc1cccc(CN(C)CC(O)c2ccccc2N)c1. The van der Waals surface area contributed by atoms with E-state index < -0.39 is 6.10 Å². The number of benzene rings is 2. The Hall–Kier alpha value is -2.04. The molecule has 0 spiro atoms. The van der Waals surface area contributed by atoms with E-state index in [1.807, 2.05) is 49.5 Å². The molecule has 0 aliphatic heterocycles. The van der Waals surface area contributed by atoms with E-state index in [1.54, 1.807) is 13.2 Å². The Morgan fingerprint density at radius 2 is 1.95 bits per heavy atom. The molecule has 0 fully saturated rings. The Kier molecular flexibility index (Phi) is 5.20. The van der Waals surface area contributed by atoms with Gasteiger partial charge in [0.1, 0.15) is 5.75 Å². The van der Waals surface area contributed by atoms with E-state index in [4.69, 9.17) is 10.5 Å².